The van der Waals surface area contributed by atoms with Crippen molar-refractivity contribution < 1.29 is 0 Å². The minimum absolute atomic E-state index is 0.0258. The molecule has 10 heavy (non-hydrogen) atoms. The summed E-state index contributed by atoms with van der Waals surface area (Å²) in [6, 6.07) is 0. The SMILES string of the molecule is [2H]I(I)P(P(P)P)P(P)PP. The van der Waals surface area contributed by atoms with E-state index in [9.17, 15) is 0 Å². The molecule has 0 heterocycles. The van der Waals surface area contributed by atoms with Gasteiger partial charge in [-0.3, -0.25) is 0 Å². The van der Waals surface area contributed by atoms with Crippen LogP contribution in [0.3, 0.4) is 0 Å². The first-order valence-corrected chi connectivity index (χ1v) is 25.0. The molecule has 0 aliphatic heterocycles. The summed E-state index contributed by atoms with van der Waals surface area (Å²) in [7, 11) is 12.6. The average molecular weight is 513 g/mol. The molecule has 7 unspecified atom stereocenters. The van der Waals surface area contributed by atoms with Gasteiger partial charge in [0.15, 0.2) is 0 Å². The van der Waals surface area contributed by atoms with Crippen LogP contribution in [-0.2, 0) is 0 Å². The summed E-state index contributed by atoms with van der Waals surface area (Å²) in [5, 5.41) is 0. The zero-order valence-corrected chi connectivity index (χ0v) is 17.5. The monoisotopic (exact) mass is 513 g/mol. The van der Waals surface area contributed by atoms with Crippen molar-refractivity contribution in [2.45, 2.75) is 0 Å². The van der Waals surface area contributed by atoms with Crippen LogP contribution in [0.1, 0.15) is 0 Å². The fourth-order valence-electron chi connectivity index (χ4n) is 0.223. The van der Waals surface area contributed by atoms with Gasteiger partial charge in [0, 0.05) is 0 Å². The fraction of sp³-hybridized carbons (Fsp3) is 0. The molecule has 0 bridgehead atoms. The van der Waals surface area contributed by atoms with E-state index in [1.54, 1.807) is 0 Å². The maximum absolute atomic E-state index is 7.86. The van der Waals surface area contributed by atoms with Crippen molar-refractivity contribution >= 4 is 97.7 Å². The number of hydrogen-bond donors (Lipinski definition) is 0. The molecule has 0 amide bonds. The Morgan fingerprint density at radius 3 is 2.10 bits per heavy atom. The summed E-state index contributed by atoms with van der Waals surface area (Å²) in [5.74, 6) is 0. The van der Waals surface area contributed by atoms with Crippen LogP contribution in [0.15, 0.2) is 0 Å². The van der Waals surface area contributed by atoms with Crippen LogP contribution >= 0.6 is 97.7 Å². The second-order valence-corrected chi connectivity index (χ2v) is 43.2. The molecule has 64 valence electrons. The van der Waals surface area contributed by atoms with Crippen LogP contribution < -0.4 is 0 Å². The van der Waals surface area contributed by atoms with Gasteiger partial charge in [-0.1, -0.05) is 0 Å². The number of hydrogen-bond acceptors (Lipinski definition) is 0. The molecule has 7 atom stereocenters. The standard InChI is InChI=1S/H10I2P8/c1-2-8(9(4)5)10(6)7-3/h2,7H,3-6H2/i2D. The van der Waals surface area contributed by atoms with Crippen LogP contribution in [0.2, 0.25) is 0 Å². The molecule has 0 aromatic rings. The van der Waals surface area contributed by atoms with Gasteiger partial charge in [0.2, 0.25) is 0 Å². The van der Waals surface area contributed by atoms with E-state index in [2.05, 4.69) is 54.3 Å². The third-order valence-electron chi connectivity index (χ3n) is 0.558. The van der Waals surface area contributed by atoms with Crippen molar-refractivity contribution in [3.63, 3.8) is 0 Å². The van der Waals surface area contributed by atoms with E-state index in [1.807, 2.05) is 0 Å². The molecule has 0 aromatic carbocycles. The number of rotatable bonds is 4. The molecule has 0 saturated heterocycles. The van der Waals surface area contributed by atoms with Crippen LogP contribution in [0.25, 0.3) is 0 Å². The van der Waals surface area contributed by atoms with Gasteiger partial charge in [-0.2, -0.15) is 0 Å². The molecule has 0 nitrogen and oxygen atoms in total. The average Bonchev–Trinajstić information content (AvgIpc) is 1.85. The zero-order valence-electron chi connectivity index (χ0n) is 5.91. The van der Waals surface area contributed by atoms with Crippen molar-refractivity contribution in [2.75, 3.05) is 0 Å². The third-order valence-corrected chi connectivity index (χ3v) is 80.6. The first-order chi connectivity index (χ1) is 5.00. The van der Waals surface area contributed by atoms with Gasteiger partial charge in [-0.15, -0.1) is 0 Å². The Labute approximate surface area is 96.9 Å². The molecule has 0 rings (SSSR count). The molecule has 10 heteroatoms. The van der Waals surface area contributed by atoms with Crippen LogP contribution in [0, 0.1) is 0 Å². The quantitative estimate of drug-likeness (QED) is 0.321. The van der Waals surface area contributed by atoms with Crippen molar-refractivity contribution in [1.82, 2.24) is 0 Å². The van der Waals surface area contributed by atoms with E-state index >= 15 is 0 Å². The third kappa shape index (κ3) is 6.40. The van der Waals surface area contributed by atoms with E-state index in [0.29, 0.717) is 0 Å². The predicted octanol–water partition coefficient (Wildman–Crippen LogP) is 5.98. The molecule has 0 radical (unpaired) electrons. The van der Waals surface area contributed by atoms with Crippen LogP contribution in [0.5, 0.6) is 0 Å². The van der Waals surface area contributed by atoms with E-state index in [1.165, 1.54) is 0 Å². The molecule has 0 aromatic heterocycles. The van der Waals surface area contributed by atoms with E-state index < -0.39 is 16.5 Å². The Kier molecular flexibility index (Phi) is 11.9. The molecule has 0 spiro atoms. The van der Waals surface area contributed by atoms with Gasteiger partial charge < -0.3 is 0 Å². The summed E-state index contributed by atoms with van der Waals surface area (Å²) >= 11 is 1.09. The van der Waals surface area contributed by atoms with Crippen LogP contribution in [-0.4, -0.2) is 0.594 Å². The fourth-order valence-corrected chi connectivity index (χ4v) is 123. The Morgan fingerprint density at radius 1 is 1.50 bits per heavy atom. The van der Waals surface area contributed by atoms with Gasteiger partial charge in [0.25, 0.3) is 0 Å². The second kappa shape index (κ2) is 9.15. The van der Waals surface area contributed by atoms with Gasteiger partial charge in [-0.25, -0.2) is 0 Å². The minimum atomic E-state index is -1.31. The summed E-state index contributed by atoms with van der Waals surface area (Å²) in [4.78, 5) is 0.0801. The van der Waals surface area contributed by atoms with Crippen molar-refractivity contribution in [1.29, 1.82) is 0.594 Å². The Morgan fingerprint density at radius 2 is 2.00 bits per heavy atom. The van der Waals surface area contributed by atoms with Gasteiger partial charge >= 0.3 is 98.3 Å². The molecule has 0 N–H and O–H groups in total. The van der Waals surface area contributed by atoms with E-state index in [0.717, 1.165) is 7.96 Å². The Balaban J connectivity index is 4.09. The second-order valence-electron chi connectivity index (χ2n) is 1.16. The number of halogens is 2. The van der Waals surface area contributed by atoms with E-state index in [-0.39, 0.29) is 18.9 Å². The van der Waals surface area contributed by atoms with E-state index in [4.69, 9.17) is 0.594 Å². The van der Waals surface area contributed by atoms with Crippen LogP contribution in [0.4, 0.5) is 0 Å². The molecule has 0 aliphatic carbocycles. The van der Waals surface area contributed by atoms with Crippen molar-refractivity contribution in [3.8, 4) is 0 Å². The van der Waals surface area contributed by atoms with Gasteiger partial charge in [0.1, 0.15) is 0 Å². The molecular weight excluding hydrogens is 502 g/mol. The van der Waals surface area contributed by atoms with Crippen molar-refractivity contribution in [2.24, 2.45) is 0 Å². The summed E-state index contributed by atoms with van der Waals surface area (Å²) < 4.78 is 7.86. The first-order valence-electron chi connectivity index (χ1n) is 2.38. The topological polar surface area (TPSA) is 0 Å². The maximum atomic E-state index is 7.86. The first kappa shape index (κ1) is 13.0. The summed E-state index contributed by atoms with van der Waals surface area (Å²) in [6.45, 7) is 0.139. The molecule has 0 fully saturated rings. The summed E-state index contributed by atoms with van der Waals surface area (Å²) in [5.41, 5.74) is 0. The Hall–Kier alpha value is 4.90. The normalized spacial score (nSPS) is 21.4. The predicted molar refractivity (Wildman–Crippen MR) is 97.3 cm³/mol. The summed E-state index contributed by atoms with van der Waals surface area (Å²) in [6.07, 6.45) is 0. The zero-order chi connectivity index (χ0) is 9.02. The van der Waals surface area contributed by atoms with Gasteiger partial charge in [-0.05, 0) is 0 Å². The molecule has 0 aliphatic rings. The molecule has 0 saturated carbocycles. The Bertz CT molecular complexity index is 96.3. The molecular formula is H10I2P8. The van der Waals surface area contributed by atoms with Crippen molar-refractivity contribution in [3.05, 3.63) is 0 Å². The van der Waals surface area contributed by atoms with Gasteiger partial charge in [0.05, 0.1) is 0 Å².